The minimum Gasteiger partial charge on any atom is -0.494 e. The van der Waals surface area contributed by atoms with Gasteiger partial charge in [0.1, 0.15) is 5.75 Å². The van der Waals surface area contributed by atoms with Crippen LogP contribution in [-0.4, -0.2) is 6.61 Å². The van der Waals surface area contributed by atoms with Crippen LogP contribution in [0.4, 0.5) is 0 Å². The molecular weight excluding hydrogens is 270 g/mol. The van der Waals surface area contributed by atoms with E-state index in [2.05, 4.69) is 43.0 Å². The van der Waals surface area contributed by atoms with Gasteiger partial charge in [0, 0.05) is 11.8 Å². The van der Waals surface area contributed by atoms with Gasteiger partial charge in [0.2, 0.25) is 0 Å². The fourth-order valence-corrected chi connectivity index (χ4v) is 3.08. The zero-order chi connectivity index (χ0) is 15.6. The number of rotatable bonds is 6. The van der Waals surface area contributed by atoms with Crippen molar-refractivity contribution in [1.82, 2.24) is 0 Å². The molecule has 0 N–H and O–H groups in total. The van der Waals surface area contributed by atoms with E-state index in [4.69, 9.17) is 10.00 Å². The van der Waals surface area contributed by atoms with E-state index in [9.17, 15) is 0 Å². The molecule has 0 amide bonds. The lowest BCUT2D eigenvalue weighted by Gasteiger charge is -2.26. The van der Waals surface area contributed by atoms with Gasteiger partial charge in [-0.05, 0) is 55.7 Å². The largest absolute Gasteiger partial charge is 0.494 e. The number of benzene rings is 1. The molecule has 2 nitrogen and oxygen atoms in total. The van der Waals surface area contributed by atoms with E-state index < -0.39 is 0 Å². The highest BCUT2D eigenvalue weighted by molar-refractivity contribution is 5.30. The lowest BCUT2D eigenvalue weighted by Crippen LogP contribution is -2.12. The zero-order valence-corrected chi connectivity index (χ0v) is 13.5. The minimum absolute atomic E-state index is 0.414. The first kappa shape index (κ1) is 16.4. The highest BCUT2D eigenvalue weighted by Gasteiger charge is 2.21. The Morgan fingerprint density at radius 3 is 2.45 bits per heavy atom. The van der Waals surface area contributed by atoms with Gasteiger partial charge in [-0.2, -0.15) is 5.26 Å². The summed E-state index contributed by atoms with van der Waals surface area (Å²) in [6, 6.07) is 10.5. The molecule has 0 unspecified atom stereocenters. The van der Waals surface area contributed by atoms with Gasteiger partial charge < -0.3 is 4.74 Å². The molecule has 116 valence electrons. The van der Waals surface area contributed by atoms with Gasteiger partial charge in [0.25, 0.3) is 0 Å². The Morgan fingerprint density at radius 1 is 1.09 bits per heavy atom. The van der Waals surface area contributed by atoms with E-state index in [1.54, 1.807) is 0 Å². The van der Waals surface area contributed by atoms with E-state index in [1.807, 2.05) is 6.07 Å². The van der Waals surface area contributed by atoms with E-state index in [1.165, 1.54) is 31.2 Å². The van der Waals surface area contributed by atoms with Crippen LogP contribution in [-0.2, 0) is 0 Å². The maximum Gasteiger partial charge on any atom is 0.152 e. The molecule has 0 saturated heterocycles. The molecule has 22 heavy (non-hydrogen) atoms. The average molecular weight is 295 g/mol. The van der Waals surface area contributed by atoms with Gasteiger partial charge in [-0.25, -0.2) is 0 Å². The van der Waals surface area contributed by atoms with Crippen LogP contribution >= 0.6 is 0 Å². The SMILES string of the molecule is CCCCCOc1ccc(C2CCC(C#CC#N)CC2)cc1. The lowest BCUT2D eigenvalue weighted by molar-refractivity contribution is 0.306. The second-order valence-electron chi connectivity index (χ2n) is 6.05. The molecule has 0 atom stereocenters. The molecule has 1 aliphatic rings. The average Bonchev–Trinajstić information content (AvgIpc) is 2.58. The van der Waals surface area contributed by atoms with Crippen molar-refractivity contribution in [3.05, 3.63) is 29.8 Å². The van der Waals surface area contributed by atoms with Crippen molar-refractivity contribution in [2.75, 3.05) is 6.61 Å². The van der Waals surface area contributed by atoms with Gasteiger partial charge in [-0.1, -0.05) is 37.8 Å². The first-order valence-corrected chi connectivity index (χ1v) is 8.46. The number of nitrogens with zero attached hydrogens (tertiary/aromatic N) is 1. The number of hydrogen-bond donors (Lipinski definition) is 0. The highest BCUT2D eigenvalue weighted by atomic mass is 16.5. The van der Waals surface area contributed by atoms with E-state index in [-0.39, 0.29) is 0 Å². The fourth-order valence-electron chi connectivity index (χ4n) is 3.08. The second kappa shape index (κ2) is 9.16. The van der Waals surface area contributed by atoms with Crippen LogP contribution in [0.3, 0.4) is 0 Å². The van der Waals surface area contributed by atoms with E-state index in [0.717, 1.165) is 31.6 Å². The molecule has 1 fully saturated rings. The first-order valence-electron chi connectivity index (χ1n) is 8.46. The molecule has 0 radical (unpaired) electrons. The maximum atomic E-state index is 8.51. The van der Waals surface area contributed by atoms with Crippen molar-refractivity contribution < 1.29 is 4.74 Å². The summed E-state index contributed by atoms with van der Waals surface area (Å²) in [6.07, 6.45) is 8.14. The van der Waals surface area contributed by atoms with Crippen LogP contribution in [0.2, 0.25) is 0 Å². The smallest absolute Gasteiger partial charge is 0.152 e. The second-order valence-corrected chi connectivity index (χ2v) is 6.05. The van der Waals surface area contributed by atoms with Crippen molar-refractivity contribution in [3.63, 3.8) is 0 Å². The number of hydrogen-bond acceptors (Lipinski definition) is 2. The normalized spacial score (nSPS) is 20.5. The molecular formula is C20H25NO. The van der Waals surface area contributed by atoms with Crippen LogP contribution in [0.15, 0.2) is 24.3 Å². The predicted octanol–water partition coefficient (Wildman–Crippen LogP) is 5.06. The van der Waals surface area contributed by atoms with E-state index in [0.29, 0.717) is 11.8 Å². The molecule has 2 rings (SSSR count). The Bertz CT molecular complexity index is 536. The minimum atomic E-state index is 0.414. The van der Waals surface area contributed by atoms with Gasteiger partial charge in [-0.3, -0.25) is 0 Å². The summed E-state index contributed by atoms with van der Waals surface area (Å²) in [7, 11) is 0. The molecule has 1 saturated carbocycles. The summed E-state index contributed by atoms with van der Waals surface area (Å²) in [5.41, 5.74) is 1.41. The molecule has 0 aromatic heterocycles. The van der Waals surface area contributed by atoms with Crippen molar-refractivity contribution in [1.29, 1.82) is 5.26 Å². The third-order valence-electron chi connectivity index (χ3n) is 4.43. The summed E-state index contributed by atoms with van der Waals surface area (Å²) in [6.45, 7) is 3.02. The summed E-state index contributed by atoms with van der Waals surface area (Å²) in [4.78, 5) is 0. The number of nitriles is 1. The van der Waals surface area contributed by atoms with Crippen LogP contribution in [0, 0.1) is 29.1 Å². The third kappa shape index (κ3) is 5.12. The predicted molar refractivity (Wildman–Crippen MR) is 89.6 cm³/mol. The monoisotopic (exact) mass is 295 g/mol. The highest BCUT2D eigenvalue weighted by Crippen LogP contribution is 2.36. The molecule has 0 heterocycles. The maximum absolute atomic E-state index is 8.51. The molecule has 0 bridgehead atoms. The van der Waals surface area contributed by atoms with Crippen LogP contribution in [0.1, 0.15) is 63.4 Å². The Morgan fingerprint density at radius 2 is 1.82 bits per heavy atom. The van der Waals surface area contributed by atoms with Crippen LogP contribution in [0.5, 0.6) is 5.75 Å². The van der Waals surface area contributed by atoms with Crippen LogP contribution in [0.25, 0.3) is 0 Å². The third-order valence-corrected chi connectivity index (χ3v) is 4.43. The number of ether oxygens (including phenoxy) is 1. The van der Waals surface area contributed by atoms with Crippen molar-refractivity contribution in [2.45, 2.75) is 57.8 Å². The zero-order valence-electron chi connectivity index (χ0n) is 13.5. The van der Waals surface area contributed by atoms with E-state index >= 15 is 0 Å². The standard InChI is InChI=1S/C20H25NO/c1-2-3-4-16-22-20-13-11-19(12-14-20)18-9-7-17(8-10-18)6-5-15-21/h11-14,17-18H,2-4,7-10,16H2,1H3. The Balaban J connectivity index is 1.80. The summed E-state index contributed by atoms with van der Waals surface area (Å²) in [5.74, 6) is 7.63. The van der Waals surface area contributed by atoms with Gasteiger partial charge in [0.15, 0.2) is 6.07 Å². The fraction of sp³-hybridized carbons (Fsp3) is 0.550. The molecule has 0 aliphatic heterocycles. The lowest BCUT2D eigenvalue weighted by atomic mass is 9.79. The van der Waals surface area contributed by atoms with Crippen molar-refractivity contribution in [2.24, 2.45) is 5.92 Å². The summed E-state index contributed by atoms with van der Waals surface area (Å²) in [5, 5.41) is 8.51. The van der Waals surface area contributed by atoms with Gasteiger partial charge in [0.05, 0.1) is 6.61 Å². The first-order chi connectivity index (χ1) is 10.8. The Hall–Kier alpha value is -1.93. The van der Waals surface area contributed by atoms with Gasteiger partial charge in [-0.15, -0.1) is 0 Å². The summed E-state index contributed by atoms with van der Waals surface area (Å²) < 4.78 is 5.76. The molecule has 0 spiro atoms. The molecule has 1 aromatic rings. The quantitative estimate of drug-likeness (QED) is 0.543. The summed E-state index contributed by atoms with van der Waals surface area (Å²) >= 11 is 0. The molecule has 2 heteroatoms. The Kier molecular flexibility index (Phi) is 6.85. The molecule has 1 aromatic carbocycles. The molecule has 1 aliphatic carbocycles. The van der Waals surface area contributed by atoms with Crippen molar-refractivity contribution >= 4 is 0 Å². The van der Waals surface area contributed by atoms with Crippen molar-refractivity contribution in [3.8, 4) is 23.7 Å². The van der Waals surface area contributed by atoms with Gasteiger partial charge >= 0.3 is 0 Å². The number of unbranched alkanes of at least 4 members (excludes halogenated alkanes) is 2. The topological polar surface area (TPSA) is 33.0 Å². The Labute approximate surface area is 134 Å². The van der Waals surface area contributed by atoms with Crippen LogP contribution < -0.4 is 4.74 Å².